The molecule has 1 aromatic heterocycles. The molecule has 1 unspecified atom stereocenters. The van der Waals surface area contributed by atoms with Gasteiger partial charge in [-0.05, 0) is 18.6 Å². The standard InChI is InChI=1S/C17H19ClN2O3/c18-14-4-2-1-3-13(14)15-9-19-16(23-15)5-6-17(22)20-8-7-12(10-20)11-21/h1-4,9,12,21H,5-8,10-11H2. The Bertz CT molecular complexity index is 686. The van der Waals surface area contributed by atoms with Crippen molar-refractivity contribution in [2.45, 2.75) is 19.3 Å². The van der Waals surface area contributed by atoms with E-state index < -0.39 is 0 Å². The van der Waals surface area contributed by atoms with E-state index in [9.17, 15) is 4.79 Å². The van der Waals surface area contributed by atoms with Crippen LogP contribution in [0.5, 0.6) is 0 Å². The first-order chi connectivity index (χ1) is 11.2. The van der Waals surface area contributed by atoms with Crippen molar-refractivity contribution in [3.63, 3.8) is 0 Å². The van der Waals surface area contributed by atoms with Crippen molar-refractivity contribution in [1.29, 1.82) is 0 Å². The lowest BCUT2D eigenvalue weighted by Gasteiger charge is -2.15. The highest BCUT2D eigenvalue weighted by atomic mass is 35.5. The number of hydrogen-bond acceptors (Lipinski definition) is 4. The van der Waals surface area contributed by atoms with Gasteiger partial charge in [-0.2, -0.15) is 0 Å². The molecule has 0 aliphatic carbocycles. The van der Waals surface area contributed by atoms with Crippen LogP contribution in [-0.2, 0) is 11.2 Å². The van der Waals surface area contributed by atoms with Crippen LogP contribution in [0.3, 0.4) is 0 Å². The maximum atomic E-state index is 12.2. The summed E-state index contributed by atoms with van der Waals surface area (Å²) in [6.45, 7) is 1.51. The summed E-state index contributed by atoms with van der Waals surface area (Å²) in [5, 5.41) is 9.74. The number of carbonyl (C=O) groups excluding carboxylic acids is 1. The molecule has 2 aromatic rings. The van der Waals surface area contributed by atoms with Gasteiger partial charge < -0.3 is 14.4 Å². The number of aliphatic hydroxyl groups is 1. The molecule has 5 nitrogen and oxygen atoms in total. The summed E-state index contributed by atoms with van der Waals surface area (Å²) in [6.07, 6.45) is 3.33. The zero-order chi connectivity index (χ0) is 16.2. The number of halogens is 1. The molecule has 0 spiro atoms. The smallest absolute Gasteiger partial charge is 0.223 e. The first-order valence-corrected chi connectivity index (χ1v) is 8.13. The van der Waals surface area contributed by atoms with E-state index in [1.165, 1.54) is 0 Å². The number of oxazole rings is 1. The van der Waals surface area contributed by atoms with Crippen molar-refractivity contribution >= 4 is 17.5 Å². The monoisotopic (exact) mass is 334 g/mol. The second-order valence-electron chi connectivity index (χ2n) is 5.78. The number of aryl methyl sites for hydroxylation is 1. The van der Waals surface area contributed by atoms with Gasteiger partial charge >= 0.3 is 0 Å². The molecule has 6 heteroatoms. The van der Waals surface area contributed by atoms with Crippen LogP contribution in [0.4, 0.5) is 0 Å². The fraction of sp³-hybridized carbons (Fsp3) is 0.412. The fourth-order valence-electron chi connectivity index (χ4n) is 2.79. The molecule has 1 aromatic carbocycles. The Morgan fingerprint density at radius 1 is 1.43 bits per heavy atom. The van der Waals surface area contributed by atoms with E-state index in [0.717, 1.165) is 18.5 Å². The van der Waals surface area contributed by atoms with Gasteiger partial charge in [0.05, 0.1) is 11.2 Å². The van der Waals surface area contributed by atoms with Gasteiger partial charge in [0, 0.05) is 44.0 Å². The lowest BCUT2D eigenvalue weighted by Crippen LogP contribution is -2.29. The van der Waals surface area contributed by atoms with Crippen molar-refractivity contribution in [1.82, 2.24) is 9.88 Å². The Labute approximate surface area is 139 Å². The Morgan fingerprint density at radius 2 is 2.26 bits per heavy atom. The van der Waals surface area contributed by atoms with Crippen molar-refractivity contribution in [2.75, 3.05) is 19.7 Å². The largest absolute Gasteiger partial charge is 0.441 e. The van der Waals surface area contributed by atoms with Gasteiger partial charge in [0.15, 0.2) is 11.7 Å². The highest BCUT2D eigenvalue weighted by Crippen LogP contribution is 2.28. The number of nitrogens with zero attached hydrogens (tertiary/aromatic N) is 2. The van der Waals surface area contributed by atoms with Gasteiger partial charge in [0.2, 0.25) is 5.91 Å². The van der Waals surface area contributed by atoms with Gasteiger partial charge in [-0.1, -0.05) is 23.7 Å². The average Bonchev–Trinajstić information content (AvgIpc) is 3.22. The number of hydrogen-bond donors (Lipinski definition) is 1. The average molecular weight is 335 g/mol. The van der Waals surface area contributed by atoms with E-state index in [1.807, 2.05) is 18.2 Å². The molecule has 122 valence electrons. The van der Waals surface area contributed by atoms with E-state index in [2.05, 4.69) is 4.98 Å². The first-order valence-electron chi connectivity index (χ1n) is 7.75. The van der Waals surface area contributed by atoms with E-state index in [4.69, 9.17) is 21.1 Å². The van der Waals surface area contributed by atoms with Crippen LogP contribution < -0.4 is 0 Å². The third-order valence-corrected chi connectivity index (χ3v) is 4.47. The molecule has 1 fully saturated rings. The molecule has 3 rings (SSSR count). The van der Waals surface area contributed by atoms with Crippen molar-refractivity contribution in [3.8, 4) is 11.3 Å². The lowest BCUT2D eigenvalue weighted by atomic mass is 10.1. The maximum Gasteiger partial charge on any atom is 0.223 e. The maximum absolute atomic E-state index is 12.2. The molecule has 1 aliphatic rings. The second-order valence-corrected chi connectivity index (χ2v) is 6.18. The molecule has 2 heterocycles. The fourth-order valence-corrected chi connectivity index (χ4v) is 3.02. The van der Waals surface area contributed by atoms with Crippen molar-refractivity contribution in [2.24, 2.45) is 5.92 Å². The third-order valence-electron chi connectivity index (χ3n) is 4.14. The Morgan fingerprint density at radius 3 is 3.00 bits per heavy atom. The predicted octanol–water partition coefficient (Wildman–Crippen LogP) is 2.77. The molecule has 0 saturated carbocycles. The Hall–Kier alpha value is -1.85. The molecular weight excluding hydrogens is 316 g/mol. The number of likely N-dealkylation sites (tertiary alicyclic amines) is 1. The first kappa shape index (κ1) is 16.0. The Kier molecular flexibility index (Phi) is 4.98. The van der Waals surface area contributed by atoms with Gasteiger partial charge in [-0.15, -0.1) is 0 Å². The topological polar surface area (TPSA) is 66.6 Å². The number of amides is 1. The quantitative estimate of drug-likeness (QED) is 0.913. The molecule has 1 amide bonds. The molecule has 1 saturated heterocycles. The van der Waals surface area contributed by atoms with Crippen LogP contribution in [0.15, 0.2) is 34.9 Å². The van der Waals surface area contributed by atoms with Gasteiger partial charge in [0.1, 0.15) is 0 Å². The van der Waals surface area contributed by atoms with Crippen molar-refractivity contribution in [3.05, 3.63) is 41.4 Å². The molecule has 0 bridgehead atoms. The number of rotatable bonds is 5. The van der Waals surface area contributed by atoms with Gasteiger partial charge in [-0.3, -0.25) is 4.79 Å². The summed E-state index contributed by atoms with van der Waals surface area (Å²) in [5.74, 6) is 1.44. The Balaban J connectivity index is 1.58. The van der Waals surface area contributed by atoms with Gasteiger partial charge in [0.25, 0.3) is 0 Å². The lowest BCUT2D eigenvalue weighted by molar-refractivity contribution is -0.130. The van der Waals surface area contributed by atoms with E-state index in [-0.39, 0.29) is 18.4 Å². The highest BCUT2D eigenvalue weighted by Gasteiger charge is 2.25. The molecule has 1 N–H and O–H groups in total. The van der Waals surface area contributed by atoms with Crippen LogP contribution >= 0.6 is 11.6 Å². The summed E-state index contributed by atoms with van der Waals surface area (Å²) in [4.78, 5) is 18.2. The normalized spacial score (nSPS) is 17.7. The van der Waals surface area contributed by atoms with Crippen LogP contribution in [0.25, 0.3) is 11.3 Å². The predicted molar refractivity (Wildman–Crippen MR) is 87.0 cm³/mol. The number of aliphatic hydroxyl groups excluding tert-OH is 1. The zero-order valence-electron chi connectivity index (χ0n) is 12.7. The molecular formula is C17H19ClN2O3. The van der Waals surface area contributed by atoms with E-state index in [0.29, 0.717) is 36.1 Å². The van der Waals surface area contributed by atoms with Crippen LogP contribution in [0, 0.1) is 5.92 Å². The number of benzene rings is 1. The van der Waals surface area contributed by atoms with Crippen molar-refractivity contribution < 1.29 is 14.3 Å². The SMILES string of the molecule is O=C(CCc1ncc(-c2ccccc2Cl)o1)N1CCC(CO)C1. The summed E-state index contributed by atoms with van der Waals surface area (Å²) in [6, 6.07) is 7.42. The van der Waals surface area contributed by atoms with Crippen LogP contribution in [0.2, 0.25) is 5.02 Å². The number of aromatic nitrogens is 1. The summed E-state index contributed by atoms with van der Waals surface area (Å²) >= 11 is 6.14. The van der Waals surface area contributed by atoms with E-state index >= 15 is 0 Å². The van der Waals surface area contributed by atoms with Crippen LogP contribution in [0.1, 0.15) is 18.7 Å². The third kappa shape index (κ3) is 3.74. The minimum absolute atomic E-state index is 0.0819. The summed E-state index contributed by atoms with van der Waals surface area (Å²) in [5.41, 5.74) is 0.796. The summed E-state index contributed by atoms with van der Waals surface area (Å²) < 4.78 is 5.70. The molecule has 1 atom stereocenters. The zero-order valence-corrected chi connectivity index (χ0v) is 13.5. The summed E-state index contributed by atoms with van der Waals surface area (Å²) in [7, 11) is 0. The highest BCUT2D eigenvalue weighted by molar-refractivity contribution is 6.33. The van der Waals surface area contributed by atoms with Gasteiger partial charge in [-0.25, -0.2) is 4.98 Å². The minimum Gasteiger partial charge on any atom is -0.441 e. The second kappa shape index (κ2) is 7.15. The van der Waals surface area contributed by atoms with E-state index in [1.54, 1.807) is 17.2 Å². The molecule has 1 aliphatic heterocycles. The van der Waals surface area contributed by atoms with Crippen LogP contribution in [-0.4, -0.2) is 40.6 Å². The number of carbonyl (C=O) groups is 1. The molecule has 23 heavy (non-hydrogen) atoms. The molecule has 0 radical (unpaired) electrons. The minimum atomic E-state index is 0.0819.